The highest BCUT2D eigenvalue weighted by molar-refractivity contribution is 6.04. The van der Waals surface area contributed by atoms with E-state index in [-0.39, 0.29) is 11.8 Å². The van der Waals surface area contributed by atoms with Crippen LogP contribution in [0.15, 0.2) is 53.6 Å². The number of nitrogens with zero attached hydrogens (tertiary/aromatic N) is 1. The zero-order chi connectivity index (χ0) is 13.9. The average Bonchev–Trinajstić information content (AvgIpc) is 2.97. The van der Waals surface area contributed by atoms with Gasteiger partial charge in [-0.25, -0.2) is 0 Å². The molecule has 20 heavy (non-hydrogen) atoms. The van der Waals surface area contributed by atoms with Crippen molar-refractivity contribution in [3.63, 3.8) is 0 Å². The average molecular weight is 268 g/mol. The van der Waals surface area contributed by atoms with Crippen LogP contribution in [0.25, 0.3) is 0 Å². The number of phenolic OH excluding ortho intramolecular Hbond substituents is 1. The first kappa shape index (κ1) is 12.5. The van der Waals surface area contributed by atoms with Crippen molar-refractivity contribution < 1.29 is 9.84 Å². The van der Waals surface area contributed by atoms with Gasteiger partial charge in [0.2, 0.25) is 0 Å². The Hall–Kier alpha value is -2.49. The highest BCUT2D eigenvalue weighted by Crippen LogP contribution is 2.28. The Morgan fingerprint density at radius 3 is 2.65 bits per heavy atom. The second-order valence-corrected chi connectivity index (χ2v) is 4.74. The Kier molecular flexibility index (Phi) is 3.29. The molecule has 4 heteroatoms. The van der Waals surface area contributed by atoms with Gasteiger partial charge in [-0.2, -0.15) is 5.10 Å². The number of aromatic hydroxyl groups is 1. The van der Waals surface area contributed by atoms with Gasteiger partial charge >= 0.3 is 0 Å². The van der Waals surface area contributed by atoms with E-state index in [4.69, 9.17) is 4.74 Å². The summed E-state index contributed by atoms with van der Waals surface area (Å²) in [4.78, 5) is 0. The summed E-state index contributed by atoms with van der Waals surface area (Å²) in [5.74, 6) is 1.11. The molecular weight excluding hydrogens is 252 g/mol. The number of hydrogen-bond acceptors (Lipinski definition) is 4. The molecule has 1 unspecified atom stereocenters. The van der Waals surface area contributed by atoms with E-state index in [9.17, 15) is 5.11 Å². The maximum absolute atomic E-state index is 9.33. The van der Waals surface area contributed by atoms with Crippen LogP contribution < -0.4 is 10.2 Å². The maximum Gasteiger partial charge on any atom is 0.127 e. The van der Waals surface area contributed by atoms with Crippen LogP contribution in [0.5, 0.6) is 11.5 Å². The normalized spacial score (nSPS) is 17.4. The van der Waals surface area contributed by atoms with Gasteiger partial charge in [-0.3, -0.25) is 0 Å². The first-order valence-electron chi connectivity index (χ1n) is 6.52. The van der Waals surface area contributed by atoms with Gasteiger partial charge < -0.3 is 15.3 Å². The first-order valence-corrected chi connectivity index (χ1v) is 6.52. The number of phenols is 1. The quantitative estimate of drug-likeness (QED) is 0.900. The highest BCUT2D eigenvalue weighted by Gasteiger charge is 2.22. The number of benzene rings is 2. The standard InChI is InChI=1S/C16H16N2O2/c1-20-16-5-3-2-4-13(16)15-10-14(17-18-15)11-6-8-12(19)9-7-11/h2-9,14,17,19H,10H2,1H3. The molecule has 0 amide bonds. The molecule has 2 aromatic carbocycles. The van der Waals surface area contributed by atoms with E-state index >= 15 is 0 Å². The number of methoxy groups -OCH3 is 1. The van der Waals surface area contributed by atoms with E-state index in [1.807, 2.05) is 36.4 Å². The summed E-state index contributed by atoms with van der Waals surface area (Å²) in [6, 6.07) is 15.2. The Bertz CT molecular complexity index is 635. The number of ether oxygens (including phenoxy) is 1. The molecule has 0 fully saturated rings. The number of hydrazone groups is 1. The van der Waals surface area contributed by atoms with E-state index in [0.29, 0.717) is 0 Å². The monoisotopic (exact) mass is 268 g/mol. The van der Waals surface area contributed by atoms with Gasteiger partial charge in [-0.1, -0.05) is 24.3 Å². The smallest absolute Gasteiger partial charge is 0.127 e. The SMILES string of the molecule is COc1ccccc1C1=NNC(c2ccc(O)cc2)C1. The second kappa shape index (κ2) is 5.25. The molecule has 4 nitrogen and oxygen atoms in total. The van der Waals surface area contributed by atoms with Gasteiger partial charge in [0.15, 0.2) is 0 Å². The molecule has 102 valence electrons. The highest BCUT2D eigenvalue weighted by atomic mass is 16.5. The zero-order valence-electron chi connectivity index (χ0n) is 11.2. The molecule has 1 aliphatic rings. The van der Waals surface area contributed by atoms with Crippen molar-refractivity contribution in [2.24, 2.45) is 5.10 Å². The summed E-state index contributed by atoms with van der Waals surface area (Å²) in [5.41, 5.74) is 6.25. The molecule has 0 aromatic heterocycles. The molecule has 1 aliphatic heterocycles. The number of hydrogen-bond donors (Lipinski definition) is 2. The Morgan fingerprint density at radius 1 is 1.15 bits per heavy atom. The number of nitrogens with one attached hydrogen (secondary N) is 1. The fourth-order valence-corrected chi connectivity index (χ4v) is 2.39. The number of rotatable bonds is 3. The van der Waals surface area contributed by atoms with Crippen LogP contribution in [-0.2, 0) is 0 Å². The van der Waals surface area contributed by atoms with Crippen LogP contribution in [0.4, 0.5) is 0 Å². The Labute approximate surface area is 117 Å². The summed E-state index contributed by atoms with van der Waals surface area (Å²) in [6.45, 7) is 0. The minimum atomic E-state index is 0.135. The van der Waals surface area contributed by atoms with Crippen molar-refractivity contribution in [2.45, 2.75) is 12.5 Å². The predicted octanol–water partition coefficient (Wildman–Crippen LogP) is 2.84. The summed E-state index contributed by atoms with van der Waals surface area (Å²) < 4.78 is 5.37. The summed E-state index contributed by atoms with van der Waals surface area (Å²) in [6.07, 6.45) is 0.797. The molecule has 1 heterocycles. The molecule has 2 aromatic rings. The van der Waals surface area contributed by atoms with Crippen LogP contribution in [0.2, 0.25) is 0 Å². The molecule has 0 saturated heterocycles. The predicted molar refractivity (Wildman–Crippen MR) is 78.1 cm³/mol. The lowest BCUT2D eigenvalue weighted by molar-refractivity contribution is 0.414. The Balaban J connectivity index is 1.80. The van der Waals surface area contributed by atoms with Crippen LogP contribution >= 0.6 is 0 Å². The minimum Gasteiger partial charge on any atom is -0.508 e. The van der Waals surface area contributed by atoms with E-state index in [1.165, 1.54) is 0 Å². The van der Waals surface area contributed by atoms with Crippen LogP contribution in [0, 0.1) is 0 Å². The van der Waals surface area contributed by atoms with E-state index in [2.05, 4.69) is 10.5 Å². The molecule has 0 radical (unpaired) electrons. The summed E-state index contributed by atoms with van der Waals surface area (Å²) in [7, 11) is 1.67. The van der Waals surface area contributed by atoms with Crippen LogP contribution in [0.3, 0.4) is 0 Å². The topological polar surface area (TPSA) is 53.8 Å². The van der Waals surface area contributed by atoms with Crippen molar-refractivity contribution in [3.05, 3.63) is 59.7 Å². The van der Waals surface area contributed by atoms with Gasteiger partial charge in [-0.15, -0.1) is 0 Å². The zero-order valence-corrected chi connectivity index (χ0v) is 11.2. The van der Waals surface area contributed by atoms with E-state index in [0.717, 1.165) is 29.0 Å². The van der Waals surface area contributed by atoms with Crippen molar-refractivity contribution in [1.29, 1.82) is 0 Å². The third kappa shape index (κ3) is 2.32. The van der Waals surface area contributed by atoms with Crippen molar-refractivity contribution in [3.8, 4) is 11.5 Å². The van der Waals surface area contributed by atoms with E-state index < -0.39 is 0 Å². The molecule has 0 saturated carbocycles. The molecule has 0 aliphatic carbocycles. The molecule has 0 spiro atoms. The van der Waals surface area contributed by atoms with Gasteiger partial charge in [-0.05, 0) is 29.8 Å². The van der Waals surface area contributed by atoms with Gasteiger partial charge in [0, 0.05) is 12.0 Å². The molecular formula is C16H16N2O2. The van der Waals surface area contributed by atoms with Crippen LogP contribution in [-0.4, -0.2) is 17.9 Å². The molecule has 3 rings (SSSR count). The third-order valence-corrected chi connectivity index (χ3v) is 3.47. The second-order valence-electron chi connectivity index (χ2n) is 4.74. The third-order valence-electron chi connectivity index (χ3n) is 3.47. The first-order chi connectivity index (χ1) is 9.78. The fraction of sp³-hybridized carbons (Fsp3) is 0.188. The molecule has 1 atom stereocenters. The summed E-state index contributed by atoms with van der Waals surface area (Å²) in [5, 5.41) is 13.8. The van der Waals surface area contributed by atoms with Crippen molar-refractivity contribution in [1.82, 2.24) is 5.43 Å². The van der Waals surface area contributed by atoms with Gasteiger partial charge in [0.1, 0.15) is 11.5 Å². The lowest BCUT2D eigenvalue weighted by atomic mass is 9.98. The van der Waals surface area contributed by atoms with E-state index in [1.54, 1.807) is 19.2 Å². The van der Waals surface area contributed by atoms with Crippen molar-refractivity contribution >= 4 is 5.71 Å². The van der Waals surface area contributed by atoms with Gasteiger partial charge in [0.25, 0.3) is 0 Å². The lowest BCUT2D eigenvalue weighted by Gasteiger charge is -2.10. The summed E-state index contributed by atoms with van der Waals surface area (Å²) >= 11 is 0. The molecule has 0 bridgehead atoms. The molecule has 2 N–H and O–H groups in total. The van der Waals surface area contributed by atoms with Gasteiger partial charge in [0.05, 0.1) is 18.9 Å². The maximum atomic E-state index is 9.33. The van der Waals surface area contributed by atoms with Crippen LogP contribution in [0.1, 0.15) is 23.6 Å². The minimum absolute atomic E-state index is 0.135. The number of para-hydroxylation sites is 1. The lowest BCUT2D eigenvalue weighted by Crippen LogP contribution is -2.09. The van der Waals surface area contributed by atoms with Crippen molar-refractivity contribution in [2.75, 3.05) is 7.11 Å². The fourth-order valence-electron chi connectivity index (χ4n) is 2.39. The largest absolute Gasteiger partial charge is 0.508 e. The Morgan fingerprint density at radius 2 is 1.90 bits per heavy atom.